The molecule has 3 heteroatoms. The Balaban J connectivity index is 1.92. The Morgan fingerprint density at radius 2 is 2.29 bits per heavy atom. The van der Waals surface area contributed by atoms with Gasteiger partial charge in [-0.2, -0.15) is 0 Å². The number of hydrogen-bond acceptors (Lipinski definition) is 3. The van der Waals surface area contributed by atoms with Crippen molar-refractivity contribution in [2.24, 2.45) is 5.92 Å². The summed E-state index contributed by atoms with van der Waals surface area (Å²) in [5.74, 6) is 0.834. The molecule has 0 spiro atoms. The lowest BCUT2D eigenvalue weighted by Crippen LogP contribution is -2.44. The van der Waals surface area contributed by atoms with Crippen molar-refractivity contribution in [2.45, 2.75) is 31.8 Å². The minimum absolute atomic E-state index is 0.661. The van der Waals surface area contributed by atoms with E-state index in [1.54, 1.807) is 0 Å². The van der Waals surface area contributed by atoms with Crippen molar-refractivity contribution < 1.29 is 4.74 Å². The molecule has 2 rings (SSSR count). The molecule has 0 radical (unpaired) electrons. The molecule has 0 amide bonds. The van der Waals surface area contributed by atoms with E-state index in [9.17, 15) is 0 Å². The molecule has 2 heterocycles. The predicted molar refractivity (Wildman–Crippen MR) is 57.4 cm³/mol. The molecule has 0 aromatic rings. The average Bonchev–Trinajstić information content (AvgIpc) is 2.87. The van der Waals surface area contributed by atoms with E-state index in [1.165, 1.54) is 19.4 Å². The maximum absolute atomic E-state index is 5.44. The lowest BCUT2D eigenvalue weighted by atomic mass is 9.98. The first kappa shape index (κ1) is 10.4. The van der Waals surface area contributed by atoms with Crippen LogP contribution in [0.4, 0.5) is 0 Å². The first-order valence-electron chi connectivity index (χ1n) is 5.83. The van der Waals surface area contributed by atoms with Gasteiger partial charge in [-0.15, -0.1) is 0 Å². The molecule has 2 fully saturated rings. The zero-order valence-corrected chi connectivity index (χ0v) is 9.33. The van der Waals surface area contributed by atoms with E-state index in [1.807, 2.05) is 0 Å². The van der Waals surface area contributed by atoms with Crippen LogP contribution in [0, 0.1) is 5.92 Å². The van der Waals surface area contributed by atoms with E-state index in [0.717, 1.165) is 31.7 Å². The van der Waals surface area contributed by atoms with Crippen molar-refractivity contribution in [2.75, 3.05) is 33.4 Å². The fourth-order valence-electron chi connectivity index (χ4n) is 2.73. The first-order valence-corrected chi connectivity index (χ1v) is 5.83. The molecule has 0 aromatic carbocycles. The highest BCUT2D eigenvalue weighted by atomic mass is 16.5. The summed E-state index contributed by atoms with van der Waals surface area (Å²) < 4.78 is 5.44. The van der Waals surface area contributed by atoms with Gasteiger partial charge in [-0.3, -0.25) is 4.90 Å². The summed E-state index contributed by atoms with van der Waals surface area (Å²) >= 11 is 0. The summed E-state index contributed by atoms with van der Waals surface area (Å²) in [4.78, 5) is 2.54. The largest absolute Gasteiger partial charge is 0.380 e. The lowest BCUT2D eigenvalue weighted by molar-refractivity contribution is 0.120. The lowest BCUT2D eigenvalue weighted by Gasteiger charge is -2.32. The van der Waals surface area contributed by atoms with Gasteiger partial charge in [0.25, 0.3) is 0 Å². The van der Waals surface area contributed by atoms with Gasteiger partial charge in [0.15, 0.2) is 0 Å². The Kier molecular flexibility index (Phi) is 3.42. The summed E-state index contributed by atoms with van der Waals surface area (Å²) in [5, 5.41) is 3.50. The van der Waals surface area contributed by atoms with E-state index < -0.39 is 0 Å². The fraction of sp³-hybridized carbons (Fsp3) is 1.00. The van der Waals surface area contributed by atoms with Gasteiger partial charge in [0.2, 0.25) is 0 Å². The van der Waals surface area contributed by atoms with Gasteiger partial charge >= 0.3 is 0 Å². The minimum atomic E-state index is 0.661. The molecule has 2 aliphatic heterocycles. The third kappa shape index (κ3) is 1.95. The molecule has 82 valence electrons. The molecular weight excluding hydrogens is 176 g/mol. The Labute approximate surface area is 86.8 Å². The molecule has 0 aromatic heterocycles. The van der Waals surface area contributed by atoms with Crippen LogP contribution in [0.2, 0.25) is 0 Å². The van der Waals surface area contributed by atoms with Crippen LogP contribution in [-0.2, 0) is 4.74 Å². The molecule has 0 bridgehead atoms. The van der Waals surface area contributed by atoms with Crippen molar-refractivity contribution in [3.63, 3.8) is 0 Å². The summed E-state index contributed by atoms with van der Waals surface area (Å²) in [7, 11) is 2.26. The molecule has 0 saturated carbocycles. The van der Waals surface area contributed by atoms with Gasteiger partial charge in [-0.05, 0) is 25.9 Å². The molecule has 2 saturated heterocycles. The van der Waals surface area contributed by atoms with E-state index >= 15 is 0 Å². The van der Waals surface area contributed by atoms with Crippen LogP contribution in [0.5, 0.6) is 0 Å². The zero-order chi connectivity index (χ0) is 9.97. The minimum Gasteiger partial charge on any atom is -0.380 e. The second-order valence-corrected chi connectivity index (χ2v) is 4.58. The Hall–Kier alpha value is -0.120. The van der Waals surface area contributed by atoms with Crippen LogP contribution in [0.3, 0.4) is 0 Å². The van der Waals surface area contributed by atoms with Gasteiger partial charge in [-0.1, -0.05) is 13.3 Å². The quantitative estimate of drug-likeness (QED) is 0.722. The maximum Gasteiger partial charge on any atom is 0.0622 e. The van der Waals surface area contributed by atoms with Crippen LogP contribution >= 0.6 is 0 Å². The van der Waals surface area contributed by atoms with Crippen molar-refractivity contribution in [3.05, 3.63) is 0 Å². The van der Waals surface area contributed by atoms with Gasteiger partial charge in [-0.25, -0.2) is 0 Å². The fourth-order valence-corrected chi connectivity index (χ4v) is 2.73. The smallest absolute Gasteiger partial charge is 0.0622 e. The number of likely N-dealkylation sites (N-methyl/N-ethyl adjacent to an activating group) is 1. The first-order chi connectivity index (χ1) is 6.83. The topological polar surface area (TPSA) is 24.5 Å². The van der Waals surface area contributed by atoms with Gasteiger partial charge < -0.3 is 10.1 Å². The second kappa shape index (κ2) is 4.60. The van der Waals surface area contributed by atoms with E-state index in [4.69, 9.17) is 4.74 Å². The highest BCUT2D eigenvalue weighted by Gasteiger charge is 2.33. The normalized spacial score (nSPS) is 38.4. The average molecular weight is 198 g/mol. The van der Waals surface area contributed by atoms with Crippen LogP contribution in [0.15, 0.2) is 0 Å². The third-order valence-electron chi connectivity index (χ3n) is 3.83. The number of nitrogens with zero attached hydrogens (tertiary/aromatic N) is 1. The third-order valence-corrected chi connectivity index (χ3v) is 3.83. The molecule has 3 unspecified atom stereocenters. The van der Waals surface area contributed by atoms with Crippen LogP contribution in [-0.4, -0.2) is 50.3 Å². The zero-order valence-electron chi connectivity index (χ0n) is 9.33. The Morgan fingerprint density at radius 1 is 1.43 bits per heavy atom. The van der Waals surface area contributed by atoms with Crippen molar-refractivity contribution in [1.82, 2.24) is 10.2 Å². The van der Waals surface area contributed by atoms with Crippen molar-refractivity contribution in [1.29, 1.82) is 0 Å². The van der Waals surface area contributed by atoms with Crippen LogP contribution in [0.25, 0.3) is 0 Å². The van der Waals surface area contributed by atoms with E-state index in [2.05, 4.69) is 24.2 Å². The molecule has 0 aliphatic carbocycles. The molecule has 1 N–H and O–H groups in total. The summed E-state index contributed by atoms with van der Waals surface area (Å²) in [5.41, 5.74) is 0. The van der Waals surface area contributed by atoms with E-state index in [-0.39, 0.29) is 0 Å². The number of hydrogen-bond donors (Lipinski definition) is 1. The van der Waals surface area contributed by atoms with Gasteiger partial charge in [0.1, 0.15) is 0 Å². The van der Waals surface area contributed by atoms with Crippen molar-refractivity contribution >= 4 is 0 Å². The summed E-state index contributed by atoms with van der Waals surface area (Å²) in [6.07, 6.45) is 2.50. The molecular formula is C11H22N2O. The van der Waals surface area contributed by atoms with Crippen LogP contribution in [0.1, 0.15) is 19.8 Å². The highest BCUT2D eigenvalue weighted by molar-refractivity contribution is 4.90. The predicted octanol–water partition coefficient (Wildman–Crippen LogP) is 0.705. The second-order valence-electron chi connectivity index (χ2n) is 4.58. The summed E-state index contributed by atoms with van der Waals surface area (Å²) in [6, 6.07) is 1.39. The standard InChI is InChI=1S/C11H22N2O/c1-3-9-6-12-7-11(9)13(2)10-4-5-14-8-10/h9-12H,3-8H2,1-2H3. The Morgan fingerprint density at radius 3 is 2.93 bits per heavy atom. The van der Waals surface area contributed by atoms with Gasteiger partial charge in [0.05, 0.1) is 6.61 Å². The van der Waals surface area contributed by atoms with Gasteiger partial charge in [0, 0.05) is 25.2 Å². The monoisotopic (exact) mass is 198 g/mol. The number of nitrogens with one attached hydrogen (secondary N) is 1. The van der Waals surface area contributed by atoms with E-state index in [0.29, 0.717) is 6.04 Å². The molecule has 3 nitrogen and oxygen atoms in total. The maximum atomic E-state index is 5.44. The SMILES string of the molecule is CCC1CNCC1N(C)C1CCOC1. The molecule has 3 atom stereocenters. The molecule has 14 heavy (non-hydrogen) atoms. The molecule has 2 aliphatic rings. The highest BCUT2D eigenvalue weighted by Crippen LogP contribution is 2.22. The summed E-state index contributed by atoms with van der Waals surface area (Å²) in [6.45, 7) is 6.53. The number of rotatable bonds is 3. The Bertz CT molecular complexity index is 180. The number of ether oxygens (including phenoxy) is 1. The van der Waals surface area contributed by atoms with Crippen LogP contribution < -0.4 is 5.32 Å². The van der Waals surface area contributed by atoms with Crippen molar-refractivity contribution in [3.8, 4) is 0 Å².